The van der Waals surface area contributed by atoms with Crippen LogP contribution in [-0.2, 0) is 22.4 Å². The summed E-state index contributed by atoms with van der Waals surface area (Å²) in [6, 6.07) is 19.0. The van der Waals surface area contributed by atoms with Crippen molar-refractivity contribution in [3.8, 4) is 0 Å². The van der Waals surface area contributed by atoms with Crippen LogP contribution in [0.3, 0.4) is 0 Å². The zero-order valence-corrected chi connectivity index (χ0v) is 20.7. The Morgan fingerprint density at radius 3 is 2.09 bits per heavy atom. The van der Waals surface area contributed by atoms with Crippen LogP contribution in [0.1, 0.15) is 35.3 Å². The quantitative estimate of drug-likeness (QED) is 0.375. The van der Waals surface area contributed by atoms with Gasteiger partial charge in [0.25, 0.3) is 17.7 Å². The molecule has 3 aromatic rings. The Balaban J connectivity index is 1.50. The van der Waals surface area contributed by atoms with E-state index in [9.17, 15) is 14.4 Å². The summed E-state index contributed by atoms with van der Waals surface area (Å²) in [4.78, 5) is 39.4. The average molecular weight is 508 g/mol. The molecule has 0 spiro atoms. The fourth-order valence-corrected chi connectivity index (χ4v) is 4.30. The number of hydrogen-bond acceptors (Lipinski definition) is 4. The van der Waals surface area contributed by atoms with E-state index in [1.807, 2.05) is 32.0 Å². The SMILES string of the molecule is CCc1cccc(CC)c1NC(=O)c1ccc(NC2=C(Cl)C(=O)N(c3cccc(Cl)c3)C2=O)cc1. The molecule has 0 radical (unpaired) electrons. The van der Waals surface area contributed by atoms with E-state index in [1.165, 1.54) is 6.07 Å². The Labute approximate surface area is 213 Å². The highest BCUT2D eigenvalue weighted by Gasteiger charge is 2.39. The highest BCUT2D eigenvalue weighted by molar-refractivity contribution is 6.53. The predicted octanol–water partition coefficient (Wildman–Crippen LogP) is 6.15. The van der Waals surface area contributed by atoms with Crippen molar-refractivity contribution in [3.05, 3.63) is 99.2 Å². The molecule has 3 amide bonds. The lowest BCUT2D eigenvalue weighted by molar-refractivity contribution is -0.120. The number of para-hydroxylation sites is 1. The molecule has 0 saturated carbocycles. The summed E-state index contributed by atoms with van der Waals surface area (Å²) in [6.45, 7) is 4.10. The van der Waals surface area contributed by atoms with Crippen molar-refractivity contribution in [2.75, 3.05) is 15.5 Å². The van der Waals surface area contributed by atoms with Crippen molar-refractivity contribution in [2.24, 2.45) is 0 Å². The summed E-state index contributed by atoms with van der Waals surface area (Å²) in [6.07, 6.45) is 1.61. The number of anilines is 3. The van der Waals surface area contributed by atoms with Gasteiger partial charge in [0, 0.05) is 22.0 Å². The molecule has 178 valence electrons. The molecular weight excluding hydrogens is 485 g/mol. The highest BCUT2D eigenvalue weighted by atomic mass is 35.5. The van der Waals surface area contributed by atoms with Crippen LogP contribution in [0.4, 0.5) is 17.1 Å². The molecule has 4 rings (SSSR count). The minimum Gasteiger partial charge on any atom is -0.350 e. The first-order valence-corrected chi connectivity index (χ1v) is 11.9. The molecule has 8 heteroatoms. The van der Waals surface area contributed by atoms with Crippen LogP contribution in [0.25, 0.3) is 0 Å². The van der Waals surface area contributed by atoms with E-state index in [1.54, 1.807) is 42.5 Å². The Hall–Kier alpha value is -3.61. The van der Waals surface area contributed by atoms with E-state index in [0.29, 0.717) is 22.0 Å². The lowest BCUT2D eigenvalue weighted by Crippen LogP contribution is -2.32. The molecule has 0 atom stereocenters. The van der Waals surface area contributed by atoms with E-state index >= 15 is 0 Å². The second kappa shape index (κ2) is 10.3. The number of hydrogen-bond donors (Lipinski definition) is 2. The normalized spacial score (nSPS) is 13.4. The van der Waals surface area contributed by atoms with Crippen molar-refractivity contribution < 1.29 is 14.4 Å². The van der Waals surface area contributed by atoms with Crippen LogP contribution in [-0.4, -0.2) is 17.7 Å². The van der Waals surface area contributed by atoms with Gasteiger partial charge >= 0.3 is 0 Å². The van der Waals surface area contributed by atoms with Gasteiger partial charge < -0.3 is 10.6 Å². The summed E-state index contributed by atoms with van der Waals surface area (Å²) in [5, 5.41) is 6.11. The summed E-state index contributed by atoms with van der Waals surface area (Å²) in [5.74, 6) is -1.46. The van der Waals surface area contributed by atoms with Crippen LogP contribution < -0.4 is 15.5 Å². The fraction of sp³-hybridized carbons (Fsp3) is 0.148. The maximum atomic E-state index is 12.9. The van der Waals surface area contributed by atoms with Gasteiger partial charge in [-0.05, 0) is 66.4 Å². The largest absolute Gasteiger partial charge is 0.350 e. The number of halogens is 2. The summed E-state index contributed by atoms with van der Waals surface area (Å²) < 4.78 is 0. The number of imide groups is 1. The molecule has 0 aliphatic carbocycles. The number of nitrogens with one attached hydrogen (secondary N) is 2. The van der Waals surface area contributed by atoms with Gasteiger partial charge in [-0.25, -0.2) is 4.90 Å². The topological polar surface area (TPSA) is 78.5 Å². The summed E-state index contributed by atoms with van der Waals surface area (Å²) in [7, 11) is 0. The van der Waals surface area contributed by atoms with Gasteiger partial charge in [0.1, 0.15) is 10.7 Å². The van der Waals surface area contributed by atoms with Crippen molar-refractivity contribution >= 4 is 58.0 Å². The maximum absolute atomic E-state index is 12.9. The molecule has 0 unspecified atom stereocenters. The standard InChI is InChI=1S/C27H23Cl2N3O3/c1-3-16-7-5-8-17(4-2)23(16)31-25(33)18-11-13-20(14-12-18)30-24-22(29)26(34)32(27(24)35)21-10-6-9-19(28)15-21/h5-15,30H,3-4H2,1-2H3,(H,31,33). The second-order valence-corrected chi connectivity index (χ2v) is 8.74. The predicted molar refractivity (Wildman–Crippen MR) is 140 cm³/mol. The molecule has 1 heterocycles. The fourth-order valence-electron chi connectivity index (χ4n) is 3.90. The van der Waals surface area contributed by atoms with Crippen molar-refractivity contribution in [1.29, 1.82) is 0 Å². The van der Waals surface area contributed by atoms with Gasteiger partial charge in [0.05, 0.1) is 5.69 Å². The van der Waals surface area contributed by atoms with Crippen LogP contribution in [0.5, 0.6) is 0 Å². The van der Waals surface area contributed by atoms with E-state index in [4.69, 9.17) is 23.2 Å². The molecular formula is C27H23Cl2N3O3. The molecule has 0 fully saturated rings. The lowest BCUT2D eigenvalue weighted by Gasteiger charge is -2.16. The van der Waals surface area contributed by atoms with Gasteiger partial charge in [-0.15, -0.1) is 0 Å². The number of benzene rings is 3. The minimum absolute atomic E-state index is 0.0432. The van der Waals surface area contributed by atoms with Gasteiger partial charge in [0.2, 0.25) is 0 Å². The maximum Gasteiger partial charge on any atom is 0.283 e. The molecule has 1 aliphatic rings. The molecule has 35 heavy (non-hydrogen) atoms. The number of carbonyl (C=O) groups is 3. The number of rotatable bonds is 7. The Morgan fingerprint density at radius 1 is 0.857 bits per heavy atom. The molecule has 3 aromatic carbocycles. The van der Waals surface area contributed by atoms with Crippen LogP contribution in [0.15, 0.2) is 77.5 Å². The van der Waals surface area contributed by atoms with Crippen molar-refractivity contribution in [2.45, 2.75) is 26.7 Å². The second-order valence-electron chi connectivity index (χ2n) is 7.93. The van der Waals surface area contributed by atoms with Crippen molar-refractivity contribution in [3.63, 3.8) is 0 Å². The third-order valence-corrected chi connectivity index (χ3v) is 6.33. The Bertz CT molecular complexity index is 1330. The first kappa shape index (κ1) is 24.5. The number of amides is 3. The zero-order valence-electron chi connectivity index (χ0n) is 19.2. The first-order valence-electron chi connectivity index (χ1n) is 11.2. The molecule has 0 aromatic heterocycles. The Kier molecular flexibility index (Phi) is 7.24. The lowest BCUT2D eigenvalue weighted by atomic mass is 10.0. The zero-order chi connectivity index (χ0) is 25.1. The van der Waals surface area contributed by atoms with Crippen molar-refractivity contribution in [1.82, 2.24) is 0 Å². The number of aryl methyl sites for hydroxylation is 2. The number of nitrogens with zero attached hydrogens (tertiary/aromatic N) is 1. The van der Waals surface area contributed by atoms with E-state index in [-0.39, 0.29) is 16.6 Å². The monoisotopic (exact) mass is 507 g/mol. The molecule has 1 aliphatic heterocycles. The molecule has 0 saturated heterocycles. The summed E-state index contributed by atoms with van der Waals surface area (Å²) >= 11 is 12.2. The average Bonchev–Trinajstić information content (AvgIpc) is 3.07. The van der Waals surface area contributed by atoms with E-state index in [0.717, 1.165) is 34.6 Å². The van der Waals surface area contributed by atoms with Crippen LogP contribution >= 0.6 is 23.2 Å². The van der Waals surface area contributed by atoms with Gasteiger partial charge in [-0.1, -0.05) is 61.3 Å². The minimum atomic E-state index is -0.640. The van der Waals surface area contributed by atoms with Gasteiger partial charge in [-0.3, -0.25) is 14.4 Å². The Morgan fingerprint density at radius 2 is 1.49 bits per heavy atom. The van der Waals surface area contributed by atoms with Crippen LogP contribution in [0.2, 0.25) is 5.02 Å². The summed E-state index contributed by atoms with van der Waals surface area (Å²) in [5.41, 5.74) is 4.24. The molecule has 6 nitrogen and oxygen atoms in total. The third-order valence-electron chi connectivity index (χ3n) is 5.75. The smallest absolute Gasteiger partial charge is 0.283 e. The molecule has 2 N–H and O–H groups in total. The number of carbonyl (C=O) groups excluding carboxylic acids is 3. The third kappa shape index (κ3) is 4.94. The van der Waals surface area contributed by atoms with Crippen LogP contribution in [0, 0.1) is 0 Å². The molecule has 0 bridgehead atoms. The first-order chi connectivity index (χ1) is 16.8. The van der Waals surface area contributed by atoms with Gasteiger partial charge in [0.15, 0.2) is 0 Å². The van der Waals surface area contributed by atoms with E-state index < -0.39 is 11.8 Å². The van der Waals surface area contributed by atoms with Gasteiger partial charge in [-0.2, -0.15) is 0 Å². The highest BCUT2D eigenvalue weighted by Crippen LogP contribution is 2.31. The van der Waals surface area contributed by atoms with E-state index in [2.05, 4.69) is 10.6 Å².